The van der Waals surface area contributed by atoms with Gasteiger partial charge in [0, 0.05) is 5.92 Å². The zero-order chi connectivity index (χ0) is 12.7. The normalized spacial score (nSPS) is 18.8. The predicted molar refractivity (Wildman–Crippen MR) is 71.0 cm³/mol. The van der Waals surface area contributed by atoms with Gasteiger partial charge in [0.25, 0.3) is 0 Å². The Bertz CT molecular complexity index is 304. The molecule has 0 unspecified atom stereocenters. The average Bonchev–Trinajstić information content (AvgIpc) is 2.27. The van der Waals surface area contributed by atoms with Gasteiger partial charge in [-0.05, 0) is 30.9 Å². The molecule has 0 aliphatic rings. The monoisotopic (exact) mass is 220 g/mol. The zero-order valence-corrected chi connectivity index (χ0v) is 11.1. The van der Waals surface area contributed by atoms with Crippen molar-refractivity contribution in [1.82, 2.24) is 0 Å². The van der Waals surface area contributed by atoms with Gasteiger partial charge in [-0.2, -0.15) is 0 Å². The molecule has 0 saturated carbocycles. The van der Waals surface area contributed by atoms with E-state index in [1.807, 2.05) is 26.8 Å². The van der Waals surface area contributed by atoms with Crippen LogP contribution in [0.2, 0.25) is 0 Å². The third kappa shape index (κ3) is 5.19. The Labute approximate surface area is 100 Å². The molecule has 0 bridgehead atoms. The molecule has 0 rings (SSSR count). The maximum atomic E-state index is 10.1. The molecule has 0 heterocycles. The average molecular weight is 220 g/mol. The van der Waals surface area contributed by atoms with Crippen LogP contribution in [0.4, 0.5) is 0 Å². The number of hydrogen-bond acceptors (Lipinski definition) is 1. The van der Waals surface area contributed by atoms with Gasteiger partial charge in [0.2, 0.25) is 0 Å². The molecule has 0 aromatic rings. The summed E-state index contributed by atoms with van der Waals surface area (Å²) < 4.78 is 0. The van der Waals surface area contributed by atoms with Crippen molar-refractivity contribution in [2.75, 3.05) is 0 Å². The van der Waals surface area contributed by atoms with E-state index in [1.54, 1.807) is 0 Å². The first kappa shape index (κ1) is 15.0. The quantitative estimate of drug-likeness (QED) is 0.555. The molecule has 0 aliphatic heterocycles. The van der Waals surface area contributed by atoms with Crippen molar-refractivity contribution in [3.63, 3.8) is 0 Å². The lowest BCUT2D eigenvalue weighted by molar-refractivity contribution is 0.172. The fraction of sp³-hybridized carbons (Fsp3) is 0.600. The standard InChI is InChI=1S/C15H24O/c1-7-11(3)9-13(5)15(16)14(6)10-12(4)8-2/h1,9-10,12-13,15-16H,8H2,2-6H3/b11-9+,14-10+/t12-,13+,15+/m0/s1. The van der Waals surface area contributed by atoms with Crippen LogP contribution < -0.4 is 0 Å². The number of rotatable bonds is 5. The number of aliphatic hydroxyl groups excluding tert-OH is 1. The highest BCUT2D eigenvalue weighted by Gasteiger charge is 2.14. The fourth-order valence-electron chi connectivity index (χ4n) is 1.61. The largest absolute Gasteiger partial charge is 0.388 e. The van der Waals surface area contributed by atoms with Gasteiger partial charge in [0.15, 0.2) is 0 Å². The van der Waals surface area contributed by atoms with E-state index in [0.717, 1.165) is 17.6 Å². The molecule has 3 atom stereocenters. The number of allylic oxidation sites excluding steroid dienone is 2. The first-order chi connectivity index (χ1) is 7.42. The summed E-state index contributed by atoms with van der Waals surface area (Å²) >= 11 is 0. The van der Waals surface area contributed by atoms with Gasteiger partial charge in [0.1, 0.15) is 0 Å². The van der Waals surface area contributed by atoms with Gasteiger partial charge >= 0.3 is 0 Å². The first-order valence-corrected chi connectivity index (χ1v) is 5.93. The van der Waals surface area contributed by atoms with Crippen LogP contribution in [-0.2, 0) is 0 Å². The Balaban J connectivity index is 4.62. The second-order valence-electron chi connectivity index (χ2n) is 4.59. The second kappa shape index (κ2) is 7.30. The van der Waals surface area contributed by atoms with E-state index in [2.05, 4.69) is 25.8 Å². The van der Waals surface area contributed by atoms with Crippen molar-refractivity contribution in [2.24, 2.45) is 11.8 Å². The Morgan fingerprint density at radius 1 is 1.31 bits per heavy atom. The van der Waals surface area contributed by atoms with Gasteiger partial charge in [-0.3, -0.25) is 0 Å². The van der Waals surface area contributed by atoms with Gasteiger partial charge in [-0.25, -0.2) is 0 Å². The van der Waals surface area contributed by atoms with E-state index in [9.17, 15) is 5.11 Å². The van der Waals surface area contributed by atoms with Gasteiger partial charge in [-0.15, -0.1) is 6.42 Å². The minimum Gasteiger partial charge on any atom is -0.388 e. The summed E-state index contributed by atoms with van der Waals surface area (Å²) in [6.45, 7) is 10.2. The minimum absolute atomic E-state index is 0.0661. The van der Waals surface area contributed by atoms with E-state index in [4.69, 9.17) is 6.42 Å². The van der Waals surface area contributed by atoms with E-state index in [0.29, 0.717) is 5.92 Å². The Morgan fingerprint density at radius 3 is 2.31 bits per heavy atom. The molecule has 0 amide bonds. The fourth-order valence-corrected chi connectivity index (χ4v) is 1.61. The molecule has 0 aromatic carbocycles. The third-order valence-electron chi connectivity index (χ3n) is 2.90. The Kier molecular flexibility index (Phi) is 6.85. The van der Waals surface area contributed by atoms with Crippen LogP contribution in [-0.4, -0.2) is 11.2 Å². The summed E-state index contributed by atoms with van der Waals surface area (Å²) in [6.07, 6.45) is 10.0. The number of terminal acetylenes is 1. The third-order valence-corrected chi connectivity index (χ3v) is 2.90. The molecule has 0 fully saturated rings. The summed E-state index contributed by atoms with van der Waals surface area (Å²) in [7, 11) is 0. The maximum Gasteiger partial charge on any atom is 0.0807 e. The van der Waals surface area contributed by atoms with Gasteiger partial charge in [-0.1, -0.05) is 45.3 Å². The number of hydrogen-bond donors (Lipinski definition) is 1. The molecule has 90 valence electrons. The topological polar surface area (TPSA) is 20.2 Å². The van der Waals surface area contributed by atoms with Gasteiger partial charge < -0.3 is 5.11 Å². The highest BCUT2D eigenvalue weighted by atomic mass is 16.3. The predicted octanol–water partition coefficient (Wildman–Crippen LogP) is 3.56. The van der Waals surface area contributed by atoms with E-state index < -0.39 is 6.10 Å². The van der Waals surface area contributed by atoms with Crippen LogP contribution >= 0.6 is 0 Å². The summed E-state index contributed by atoms with van der Waals surface area (Å²) in [5.74, 6) is 3.15. The van der Waals surface area contributed by atoms with E-state index in [1.165, 1.54) is 0 Å². The van der Waals surface area contributed by atoms with Crippen molar-refractivity contribution in [1.29, 1.82) is 0 Å². The lowest BCUT2D eigenvalue weighted by Gasteiger charge is -2.18. The highest BCUT2D eigenvalue weighted by Crippen LogP contribution is 2.17. The van der Waals surface area contributed by atoms with Crippen LogP contribution in [0, 0.1) is 24.2 Å². The van der Waals surface area contributed by atoms with Crippen LogP contribution in [0.5, 0.6) is 0 Å². The smallest absolute Gasteiger partial charge is 0.0807 e. The molecule has 0 radical (unpaired) electrons. The molecule has 1 heteroatoms. The molecule has 16 heavy (non-hydrogen) atoms. The summed E-state index contributed by atoms with van der Waals surface area (Å²) in [5.41, 5.74) is 1.91. The van der Waals surface area contributed by atoms with Crippen molar-refractivity contribution >= 4 is 0 Å². The minimum atomic E-state index is -0.433. The maximum absolute atomic E-state index is 10.1. The summed E-state index contributed by atoms with van der Waals surface area (Å²) in [6, 6.07) is 0. The molecule has 0 saturated heterocycles. The van der Waals surface area contributed by atoms with Crippen molar-refractivity contribution in [3.05, 3.63) is 23.3 Å². The van der Waals surface area contributed by atoms with Crippen LogP contribution in [0.15, 0.2) is 23.3 Å². The molecule has 0 aromatic heterocycles. The van der Waals surface area contributed by atoms with Crippen LogP contribution in [0.25, 0.3) is 0 Å². The van der Waals surface area contributed by atoms with Gasteiger partial charge in [0.05, 0.1) is 6.10 Å². The second-order valence-corrected chi connectivity index (χ2v) is 4.59. The van der Waals surface area contributed by atoms with Crippen LogP contribution in [0.1, 0.15) is 41.0 Å². The lowest BCUT2D eigenvalue weighted by Crippen LogP contribution is -2.18. The van der Waals surface area contributed by atoms with Crippen molar-refractivity contribution in [2.45, 2.75) is 47.1 Å². The van der Waals surface area contributed by atoms with Crippen LogP contribution in [0.3, 0.4) is 0 Å². The first-order valence-electron chi connectivity index (χ1n) is 5.93. The summed E-state index contributed by atoms with van der Waals surface area (Å²) in [4.78, 5) is 0. The molecule has 0 aliphatic carbocycles. The SMILES string of the molecule is C#C/C(C)=C/[C@@H](C)[C@@H](O)/C(C)=C/[C@@H](C)CC. The van der Waals surface area contributed by atoms with E-state index in [-0.39, 0.29) is 5.92 Å². The summed E-state index contributed by atoms with van der Waals surface area (Å²) in [5, 5.41) is 10.1. The zero-order valence-electron chi connectivity index (χ0n) is 11.1. The van der Waals surface area contributed by atoms with Crippen molar-refractivity contribution < 1.29 is 5.11 Å². The Hall–Kier alpha value is -1.00. The highest BCUT2D eigenvalue weighted by molar-refractivity contribution is 5.24. The Morgan fingerprint density at radius 2 is 1.88 bits per heavy atom. The molecule has 0 spiro atoms. The van der Waals surface area contributed by atoms with Crippen molar-refractivity contribution in [3.8, 4) is 12.3 Å². The lowest BCUT2D eigenvalue weighted by atomic mass is 9.93. The number of aliphatic hydroxyl groups is 1. The molecular weight excluding hydrogens is 196 g/mol. The van der Waals surface area contributed by atoms with E-state index >= 15 is 0 Å². The molecule has 1 N–H and O–H groups in total. The molecular formula is C15H24O. The molecule has 1 nitrogen and oxygen atoms in total.